The third-order valence-electron chi connectivity index (χ3n) is 5.77. The molecular weight excluding hydrogens is 464 g/mol. The number of rotatable bonds is 10. The van der Waals surface area contributed by atoms with Crippen LogP contribution in [0.5, 0.6) is 0 Å². The lowest BCUT2D eigenvalue weighted by atomic mass is 10.0. The first kappa shape index (κ1) is 25.3. The number of amides is 2. The molecule has 4 rings (SSSR count). The van der Waals surface area contributed by atoms with Crippen molar-refractivity contribution in [3.8, 4) is 0 Å². The zero-order valence-electron chi connectivity index (χ0n) is 20.1. The number of benzene rings is 4. The quantitative estimate of drug-likeness (QED) is 0.271. The van der Waals surface area contributed by atoms with Gasteiger partial charge in [-0.25, -0.2) is 0 Å². The summed E-state index contributed by atoms with van der Waals surface area (Å²) in [4.78, 5) is 50.9. The molecule has 0 atom stereocenters. The first-order chi connectivity index (χ1) is 18.0. The van der Waals surface area contributed by atoms with E-state index in [2.05, 4.69) is 10.6 Å². The zero-order chi connectivity index (χ0) is 26.0. The van der Waals surface area contributed by atoms with Gasteiger partial charge < -0.3 is 10.6 Å². The molecular formula is C31H26N2O4. The highest BCUT2D eigenvalue weighted by Crippen LogP contribution is 2.21. The molecule has 4 aromatic carbocycles. The average Bonchev–Trinajstić information content (AvgIpc) is 2.94. The molecule has 0 saturated carbocycles. The van der Waals surface area contributed by atoms with E-state index in [0.29, 0.717) is 40.0 Å². The van der Waals surface area contributed by atoms with Crippen molar-refractivity contribution in [3.63, 3.8) is 0 Å². The Morgan fingerprint density at radius 1 is 0.459 bits per heavy atom. The smallest absolute Gasteiger partial charge is 0.224 e. The molecule has 4 aromatic rings. The Morgan fingerprint density at radius 3 is 1.22 bits per heavy atom. The van der Waals surface area contributed by atoms with Crippen molar-refractivity contribution >= 4 is 34.8 Å². The van der Waals surface area contributed by atoms with Crippen molar-refractivity contribution in [1.29, 1.82) is 0 Å². The number of nitrogens with one attached hydrogen (secondary N) is 2. The van der Waals surface area contributed by atoms with Gasteiger partial charge in [-0.15, -0.1) is 0 Å². The molecule has 2 N–H and O–H groups in total. The first-order valence-corrected chi connectivity index (χ1v) is 12.0. The van der Waals surface area contributed by atoms with Crippen LogP contribution in [-0.4, -0.2) is 23.4 Å². The van der Waals surface area contributed by atoms with Crippen molar-refractivity contribution in [2.45, 2.75) is 19.3 Å². The fourth-order valence-electron chi connectivity index (χ4n) is 3.91. The minimum absolute atomic E-state index is 0.103. The van der Waals surface area contributed by atoms with Crippen molar-refractivity contribution in [2.75, 3.05) is 10.6 Å². The highest BCUT2D eigenvalue weighted by Gasteiger charge is 2.16. The summed E-state index contributed by atoms with van der Waals surface area (Å²) in [6.45, 7) is 0. The summed E-state index contributed by atoms with van der Waals surface area (Å²) in [5.74, 6) is -0.944. The SMILES string of the molecule is O=C(CCCC(=O)Nc1ccccc1C(=O)c1ccccc1)Nc1ccccc1C(=O)c1ccccc1. The summed E-state index contributed by atoms with van der Waals surface area (Å²) in [5.41, 5.74) is 2.73. The van der Waals surface area contributed by atoms with Crippen LogP contribution in [-0.2, 0) is 9.59 Å². The molecule has 0 saturated heterocycles. The number of carbonyl (C=O) groups excluding carboxylic acids is 4. The van der Waals surface area contributed by atoms with Gasteiger partial charge in [0.25, 0.3) is 0 Å². The Labute approximate surface area is 215 Å². The van der Waals surface area contributed by atoms with Crippen LogP contribution in [0.15, 0.2) is 109 Å². The predicted molar refractivity (Wildman–Crippen MR) is 144 cm³/mol. The normalized spacial score (nSPS) is 10.4. The third kappa shape index (κ3) is 6.64. The van der Waals surface area contributed by atoms with E-state index in [1.165, 1.54) is 0 Å². The monoisotopic (exact) mass is 490 g/mol. The van der Waals surface area contributed by atoms with Crippen LogP contribution in [0.25, 0.3) is 0 Å². The van der Waals surface area contributed by atoms with E-state index in [1.807, 2.05) is 12.1 Å². The molecule has 6 heteroatoms. The molecule has 0 spiro atoms. The molecule has 0 radical (unpaired) electrons. The van der Waals surface area contributed by atoms with Crippen LogP contribution < -0.4 is 10.6 Å². The topological polar surface area (TPSA) is 92.3 Å². The van der Waals surface area contributed by atoms with Gasteiger partial charge in [-0.2, -0.15) is 0 Å². The lowest BCUT2D eigenvalue weighted by Gasteiger charge is -2.12. The van der Waals surface area contributed by atoms with Gasteiger partial charge in [-0.3, -0.25) is 19.2 Å². The van der Waals surface area contributed by atoms with Gasteiger partial charge in [-0.1, -0.05) is 84.9 Å². The van der Waals surface area contributed by atoms with Crippen LogP contribution in [0.3, 0.4) is 0 Å². The van der Waals surface area contributed by atoms with Crippen LogP contribution in [0.1, 0.15) is 51.1 Å². The Kier molecular flexibility index (Phi) is 8.34. The maximum atomic E-state index is 12.9. The summed E-state index contributed by atoms with van der Waals surface area (Å²) >= 11 is 0. The number of hydrogen-bond donors (Lipinski definition) is 2. The largest absolute Gasteiger partial charge is 0.325 e. The van der Waals surface area contributed by atoms with Gasteiger partial charge in [0.2, 0.25) is 11.8 Å². The highest BCUT2D eigenvalue weighted by molar-refractivity contribution is 6.14. The van der Waals surface area contributed by atoms with E-state index in [1.54, 1.807) is 97.1 Å². The number of anilines is 2. The summed E-state index contributed by atoms with van der Waals surface area (Å²) in [6.07, 6.45) is 0.513. The zero-order valence-corrected chi connectivity index (χ0v) is 20.1. The van der Waals surface area contributed by atoms with Crippen molar-refractivity contribution in [2.24, 2.45) is 0 Å². The van der Waals surface area contributed by atoms with Crippen molar-refractivity contribution in [3.05, 3.63) is 131 Å². The average molecular weight is 491 g/mol. The minimum atomic E-state index is -0.291. The van der Waals surface area contributed by atoms with E-state index < -0.39 is 0 Å². The third-order valence-corrected chi connectivity index (χ3v) is 5.77. The van der Waals surface area contributed by atoms with Crippen LogP contribution in [0.2, 0.25) is 0 Å². The van der Waals surface area contributed by atoms with E-state index >= 15 is 0 Å². The van der Waals surface area contributed by atoms with Gasteiger partial charge in [0, 0.05) is 35.1 Å². The predicted octanol–water partition coefficient (Wildman–Crippen LogP) is 5.90. The number of ketones is 2. The van der Waals surface area contributed by atoms with E-state index in [0.717, 1.165) is 0 Å². The number of carbonyl (C=O) groups is 4. The second kappa shape index (κ2) is 12.2. The van der Waals surface area contributed by atoms with E-state index in [9.17, 15) is 19.2 Å². The van der Waals surface area contributed by atoms with Crippen LogP contribution in [0.4, 0.5) is 11.4 Å². The molecule has 0 aliphatic carbocycles. The Balaban J connectivity index is 1.32. The molecule has 0 heterocycles. The molecule has 0 aromatic heterocycles. The van der Waals surface area contributed by atoms with Crippen LogP contribution >= 0.6 is 0 Å². The standard InChI is InChI=1S/C31H26N2O4/c34-28(32-26-18-9-7-16-24(26)30(36)22-12-3-1-4-13-22)20-11-21-29(35)33-27-19-10-8-17-25(27)31(37)23-14-5-2-6-15-23/h1-10,12-19H,11,20-21H2,(H,32,34)(H,33,35). The summed E-state index contributed by atoms with van der Waals surface area (Å²) in [7, 11) is 0. The molecule has 0 aliphatic heterocycles. The summed E-state index contributed by atoms with van der Waals surface area (Å²) < 4.78 is 0. The second-order valence-corrected chi connectivity index (χ2v) is 8.43. The molecule has 2 amide bonds. The molecule has 0 unspecified atom stereocenters. The fraction of sp³-hybridized carbons (Fsp3) is 0.0968. The molecule has 6 nitrogen and oxygen atoms in total. The van der Waals surface area contributed by atoms with Crippen molar-refractivity contribution in [1.82, 2.24) is 0 Å². The van der Waals surface area contributed by atoms with Gasteiger partial charge in [-0.05, 0) is 30.7 Å². The lowest BCUT2D eigenvalue weighted by molar-refractivity contribution is -0.117. The molecule has 184 valence electrons. The van der Waals surface area contributed by atoms with Gasteiger partial charge in [0.05, 0.1) is 11.4 Å². The number of para-hydroxylation sites is 2. The van der Waals surface area contributed by atoms with Gasteiger partial charge >= 0.3 is 0 Å². The number of hydrogen-bond acceptors (Lipinski definition) is 4. The Hall–Kier alpha value is -4.84. The summed E-state index contributed by atoms with van der Waals surface area (Å²) in [6, 6.07) is 31.4. The Morgan fingerprint density at radius 2 is 0.811 bits per heavy atom. The van der Waals surface area contributed by atoms with E-state index in [-0.39, 0.29) is 36.2 Å². The molecule has 0 fully saturated rings. The molecule has 0 aliphatic rings. The highest BCUT2D eigenvalue weighted by atomic mass is 16.2. The minimum Gasteiger partial charge on any atom is -0.325 e. The maximum Gasteiger partial charge on any atom is 0.224 e. The Bertz CT molecular complexity index is 1310. The fourth-order valence-corrected chi connectivity index (χ4v) is 3.91. The lowest BCUT2D eigenvalue weighted by Crippen LogP contribution is -2.17. The molecule has 37 heavy (non-hydrogen) atoms. The summed E-state index contributed by atoms with van der Waals surface area (Å²) in [5, 5.41) is 5.58. The van der Waals surface area contributed by atoms with E-state index in [4.69, 9.17) is 0 Å². The maximum absolute atomic E-state index is 12.9. The van der Waals surface area contributed by atoms with Gasteiger partial charge in [0.15, 0.2) is 11.6 Å². The second-order valence-electron chi connectivity index (χ2n) is 8.43. The van der Waals surface area contributed by atoms with Crippen LogP contribution in [0, 0.1) is 0 Å². The molecule has 0 bridgehead atoms. The van der Waals surface area contributed by atoms with Gasteiger partial charge in [0.1, 0.15) is 0 Å². The van der Waals surface area contributed by atoms with Crippen molar-refractivity contribution < 1.29 is 19.2 Å². The first-order valence-electron chi connectivity index (χ1n) is 12.0.